The SMILES string of the molecule is CC(C)(C)NC(=O)c1ccc(C(=O)NCCc2ccc(OCC(=O)NC3CC3)cc2)cc1. The van der Waals surface area contributed by atoms with Crippen LogP contribution in [0.15, 0.2) is 48.5 Å². The summed E-state index contributed by atoms with van der Waals surface area (Å²) in [6, 6.07) is 14.4. The summed E-state index contributed by atoms with van der Waals surface area (Å²) in [6.07, 6.45) is 2.77. The molecule has 3 N–H and O–H groups in total. The van der Waals surface area contributed by atoms with Crippen LogP contribution in [0, 0.1) is 0 Å². The van der Waals surface area contributed by atoms with Gasteiger partial charge in [-0.25, -0.2) is 0 Å². The van der Waals surface area contributed by atoms with Crippen LogP contribution in [0.3, 0.4) is 0 Å². The van der Waals surface area contributed by atoms with Gasteiger partial charge in [0.25, 0.3) is 17.7 Å². The Bertz CT molecular complexity index is 943. The largest absolute Gasteiger partial charge is 0.484 e. The maximum absolute atomic E-state index is 12.4. The summed E-state index contributed by atoms with van der Waals surface area (Å²) < 4.78 is 5.49. The number of rotatable bonds is 9. The van der Waals surface area contributed by atoms with Gasteiger partial charge in [0.1, 0.15) is 5.75 Å². The van der Waals surface area contributed by atoms with Crippen LogP contribution in [-0.4, -0.2) is 42.5 Å². The fourth-order valence-electron chi connectivity index (χ4n) is 3.01. The van der Waals surface area contributed by atoms with Gasteiger partial charge in [-0.2, -0.15) is 0 Å². The van der Waals surface area contributed by atoms with E-state index in [1.54, 1.807) is 24.3 Å². The van der Waals surface area contributed by atoms with E-state index in [0.29, 0.717) is 35.9 Å². The highest BCUT2D eigenvalue weighted by atomic mass is 16.5. The van der Waals surface area contributed by atoms with Gasteiger partial charge < -0.3 is 20.7 Å². The summed E-state index contributed by atoms with van der Waals surface area (Å²) in [5, 5.41) is 8.67. The Hall–Kier alpha value is -3.35. The molecular weight excluding hydrogens is 406 g/mol. The molecule has 0 bridgehead atoms. The van der Waals surface area contributed by atoms with Gasteiger partial charge in [0.15, 0.2) is 6.61 Å². The second kappa shape index (κ2) is 10.3. The summed E-state index contributed by atoms with van der Waals surface area (Å²) in [4.78, 5) is 36.2. The van der Waals surface area contributed by atoms with Gasteiger partial charge in [-0.1, -0.05) is 12.1 Å². The van der Waals surface area contributed by atoms with Crippen LogP contribution in [0.5, 0.6) is 5.75 Å². The minimum atomic E-state index is -0.317. The standard InChI is InChI=1S/C25H31N3O4/c1-25(2,3)28-24(31)19-8-6-18(7-9-19)23(30)26-15-14-17-4-12-21(13-5-17)32-16-22(29)27-20-10-11-20/h4-9,12-13,20H,10-11,14-16H2,1-3H3,(H,26,30)(H,27,29)(H,28,31). The lowest BCUT2D eigenvalue weighted by atomic mass is 10.1. The van der Waals surface area contributed by atoms with Crippen LogP contribution in [-0.2, 0) is 11.2 Å². The van der Waals surface area contributed by atoms with Crippen molar-refractivity contribution in [3.8, 4) is 5.75 Å². The minimum Gasteiger partial charge on any atom is -0.484 e. The third-order valence-corrected chi connectivity index (χ3v) is 4.83. The van der Waals surface area contributed by atoms with E-state index < -0.39 is 0 Å². The van der Waals surface area contributed by atoms with Crippen molar-refractivity contribution < 1.29 is 19.1 Å². The molecule has 0 aromatic heterocycles. The van der Waals surface area contributed by atoms with E-state index in [0.717, 1.165) is 18.4 Å². The van der Waals surface area contributed by atoms with Crippen LogP contribution in [0.25, 0.3) is 0 Å². The molecule has 2 aromatic rings. The van der Waals surface area contributed by atoms with Gasteiger partial charge in [0.05, 0.1) is 0 Å². The minimum absolute atomic E-state index is 0.0164. The molecule has 0 atom stereocenters. The van der Waals surface area contributed by atoms with Crippen molar-refractivity contribution >= 4 is 17.7 Å². The van der Waals surface area contributed by atoms with Crippen LogP contribution in [0.2, 0.25) is 0 Å². The van der Waals surface area contributed by atoms with Gasteiger partial charge in [0, 0.05) is 29.3 Å². The first-order valence-corrected chi connectivity index (χ1v) is 10.9. The Morgan fingerprint density at radius 1 is 0.906 bits per heavy atom. The van der Waals surface area contributed by atoms with Gasteiger partial charge in [-0.3, -0.25) is 14.4 Å². The van der Waals surface area contributed by atoms with Crippen molar-refractivity contribution in [2.24, 2.45) is 0 Å². The van der Waals surface area contributed by atoms with Crippen molar-refractivity contribution in [1.82, 2.24) is 16.0 Å². The van der Waals surface area contributed by atoms with Crippen LogP contribution < -0.4 is 20.7 Å². The quantitative estimate of drug-likeness (QED) is 0.562. The highest BCUT2D eigenvalue weighted by Crippen LogP contribution is 2.18. The number of carbonyl (C=O) groups is 3. The zero-order valence-corrected chi connectivity index (χ0v) is 18.9. The molecule has 3 amide bonds. The number of ether oxygens (including phenoxy) is 1. The first-order chi connectivity index (χ1) is 15.2. The fourth-order valence-corrected chi connectivity index (χ4v) is 3.01. The van der Waals surface area contributed by atoms with E-state index in [9.17, 15) is 14.4 Å². The third kappa shape index (κ3) is 7.72. The average molecular weight is 438 g/mol. The molecule has 1 aliphatic rings. The molecule has 170 valence electrons. The molecule has 7 heteroatoms. The molecule has 3 rings (SSSR count). The number of nitrogens with one attached hydrogen (secondary N) is 3. The first-order valence-electron chi connectivity index (χ1n) is 10.9. The smallest absolute Gasteiger partial charge is 0.258 e. The third-order valence-electron chi connectivity index (χ3n) is 4.83. The molecule has 0 radical (unpaired) electrons. The Balaban J connectivity index is 1.40. The Morgan fingerprint density at radius 2 is 1.50 bits per heavy atom. The predicted octanol–water partition coefficient (Wildman–Crippen LogP) is 2.84. The fraction of sp³-hybridized carbons (Fsp3) is 0.400. The molecule has 0 aliphatic heterocycles. The van der Waals surface area contributed by atoms with E-state index >= 15 is 0 Å². The van der Waals surface area contributed by atoms with Crippen LogP contribution in [0.4, 0.5) is 0 Å². The lowest BCUT2D eigenvalue weighted by molar-refractivity contribution is -0.123. The highest BCUT2D eigenvalue weighted by molar-refractivity contribution is 5.98. The second-order valence-electron chi connectivity index (χ2n) is 9.06. The number of carbonyl (C=O) groups excluding carboxylic acids is 3. The van der Waals surface area contributed by atoms with E-state index in [1.165, 1.54) is 0 Å². The normalized spacial score (nSPS) is 13.2. The summed E-state index contributed by atoms with van der Waals surface area (Å²) >= 11 is 0. The van der Waals surface area contributed by atoms with Crippen molar-refractivity contribution in [3.63, 3.8) is 0 Å². The molecule has 2 aromatic carbocycles. The Kier molecular flexibility index (Phi) is 7.51. The van der Waals surface area contributed by atoms with E-state index in [1.807, 2.05) is 45.0 Å². The van der Waals surface area contributed by atoms with Crippen molar-refractivity contribution in [1.29, 1.82) is 0 Å². The second-order valence-corrected chi connectivity index (χ2v) is 9.06. The van der Waals surface area contributed by atoms with E-state index in [-0.39, 0.29) is 29.9 Å². The molecule has 1 fully saturated rings. The van der Waals surface area contributed by atoms with Gasteiger partial charge in [-0.05, 0) is 82.0 Å². The summed E-state index contributed by atoms with van der Waals surface area (Å²) in [6.45, 7) is 6.25. The Labute approximate surface area is 188 Å². The molecule has 0 saturated heterocycles. The van der Waals surface area contributed by atoms with Gasteiger partial charge in [0.2, 0.25) is 0 Å². The number of benzene rings is 2. The zero-order chi connectivity index (χ0) is 23.1. The molecule has 7 nitrogen and oxygen atoms in total. The lowest BCUT2D eigenvalue weighted by Crippen LogP contribution is -2.40. The predicted molar refractivity (Wildman–Crippen MR) is 123 cm³/mol. The van der Waals surface area contributed by atoms with Crippen molar-refractivity contribution in [2.45, 2.75) is 51.6 Å². The maximum Gasteiger partial charge on any atom is 0.258 e. The monoisotopic (exact) mass is 437 g/mol. The zero-order valence-electron chi connectivity index (χ0n) is 18.9. The van der Waals surface area contributed by atoms with Crippen LogP contribution >= 0.6 is 0 Å². The molecule has 0 unspecified atom stereocenters. The van der Waals surface area contributed by atoms with Gasteiger partial charge >= 0.3 is 0 Å². The summed E-state index contributed by atoms with van der Waals surface area (Å²) in [5.41, 5.74) is 1.76. The summed E-state index contributed by atoms with van der Waals surface area (Å²) in [5.74, 6) is 0.191. The Morgan fingerprint density at radius 3 is 2.06 bits per heavy atom. The molecule has 32 heavy (non-hydrogen) atoms. The molecule has 1 aliphatic carbocycles. The maximum atomic E-state index is 12.4. The topological polar surface area (TPSA) is 96.5 Å². The first kappa shape index (κ1) is 23.3. The number of hydrogen-bond donors (Lipinski definition) is 3. The lowest BCUT2D eigenvalue weighted by Gasteiger charge is -2.20. The van der Waals surface area contributed by atoms with Crippen molar-refractivity contribution in [3.05, 3.63) is 65.2 Å². The number of amides is 3. The average Bonchev–Trinajstić information content (AvgIpc) is 3.56. The van der Waals surface area contributed by atoms with E-state index in [4.69, 9.17) is 4.74 Å². The van der Waals surface area contributed by atoms with Gasteiger partial charge in [-0.15, -0.1) is 0 Å². The van der Waals surface area contributed by atoms with E-state index in [2.05, 4.69) is 16.0 Å². The molecular formula is C25H31N3O4. The molecule has 0 heterocycles. The highest BCUT2D eigenvalue weighted by Gasteiger charge is 2.23. The summed E-state index contributed by atoms with van der Waals surface area (Å²) in [7, 11) is 0. The van der Waals surface area contributed by atoms with Crippen LogP contribution in [0.1, 0.15) is 59.9 Å². The molecule has 1 saturated carbocycles. The van der Waals surface area contributed by atoms with Crippen molar-refractivity contribution in [2.75, 3.05) is 13.2 Å². The number of hydrogen-bond acceptors (Lipinski definition) is 4. The molecule has 0 spiro atoms.